The summed E-state index contributed by atoms with van der Waals surface area (Å²) in [5.41, 5.74) is 5.85. The molecule has 0 aliphatic rings. The zero-order valence-electron chi connectivity index (χ0n) is 11.1. The number of nitrogen functional groups attached to an aromatic ring is 1. The van der Waals surface area contributed by atoms with Crippen molar-refractivity contribution in [1.29, 1.82) is 0 Å². The van der Waals surface area contributed by atoms with E-state index in [0.29, 0.717) is 5.56 Å². The minimum absolute atomic E-state index is 0.107. The SMILES string of the molecule is Cc1cc(N)n(N=Cc2cc([N+](=O)[O-])ccc2O)c(=O)c1. The summed E-state index contributed by atoms with van der Waals surface area (Å²) in [6, 6.07) is 6.40. The number of aromatic nitrogens is 1. The number of hydrogen-bond donors (Lipinski definition) is 2. The molecule has 108 valence electrons. The Balaban J connectivity index is 2.45. The largest absolute Gasteiger partial charge is 0.507 e. The quantitative estimate of drug-likeness (QED) is 0.499. The van der Waals surface area contributed by atoms with Crippen molar-refractivity contribution in [2.45, 2.75) is 6.92 Å². The van der Waals surface area contributed by atoms with Crippen LogP contribution < -0.4 is 11.3 Å². The molecule has 0 unspecified atom stereocenters. The van der Waals surface area contributed by atoms with E-state index >= 15 is 0 Å². The summed E-state index contributed by atoms with van der Waals surface area (Å²) in [5, 5.41) is 24.2. The summed E-state index contributed by atoms with van der Waals surface area (Å²) in [7, 11) is 0. The molecule has 2 rings (SSSR count). The van der Waals surface area contributed by atoms with Crippen molar-refractivity contribution in [2.75, 3.05) is 5.73 Å². The number of phenolic OH excluding ortho intramolecular Hbond substituents is 1. The molecule has 0 spiro atoms. The van der Waals surface area contributed by atoms with Gasteiger partial charge in [-0.15, -0.1) is 0 Å². The van der Waals surface area contributed by atoms with Crippen molar-refractivity contribution in [3.05, 3.63) is 61.9 Å². The summed E-state index contributed by atoms with van der Waals surface area (Å²) in [6.07, 6.45) is 1.13. The highest BCUT2D eigenvalue weighted by molar-refractivity contribution is 5.84. The van der Waals surface area contributed by atoms with Crippen LogP contribution >= 0.6 is 0 Å². The van der Waals surface area contributed by atoms with Crippen LogP contribution in [-0.2, 0) is 0 Å². The van der Waals surface area contributed by atoms with Gasteiger partial charge in [-0.2, -0.15) is 9.78 Å². The predicted octanol–water partition coefficient (Wildman–Crippen LogP) is 1.23. The Morgan fingerprint density at radius 1 is 1.38 bits per heavy atom. The number of aromatic hydroxyl groups is 1. The highest BCUT2D eigenvalue weighted by Crippen LogP contribution is 2.21. The van der Waals surface area contributed by atoms with Gasteiger partial charge in [-0.05, 0) is 24.6 Å². The molecule has 3 N–H and O–H groups in total. The first-order chi connectivity index (χ1) is 9.88. The molecular formula is C13H12N4O4. The van der Waals surface area contributed by atoms with Crippen molar-refractivity contribution in [3.63, 3.8) is 0 Å². The molecule has 1 aromatic heterocycles. The van der Waals surface area contributed by atoms with Gasteiger partial charge in [-0.25, -0.2) is 0 Å². The molecule has 1 heterocycles. The summed E-state index contributed by atoms with van der Waals surface area (Å²) < 4.78 is 0.936. The molecule has 1 aromatic carbocycles. The lowest BCUT2D eigenvalue weighted by molar-refractivity contribution is -0.384. The minimum Gasteiger partial charge on any atom is -0.507 e. The van der Waals surface area contributed by atoms with Crippen LogP contribution in [0.1, 0.15) is 11.1 Å². The number of aryl methyl sites for hydroxylation is 1. The first kappa shape index (κ1) is 14.3. The van der Waals surface area contributed by atoms with E-state index in [2.05, 4.69) is 5.10 Å². The van der Waals surface area contributed by atoms with Crippen LogP contribution in [0.5, 0.6) is 5.75 Å². The fourth-order valence-corrected chi connectivity index (χ4v) is 1.72. The third kappa shape index (κ3) is 3.06. The van der Waals surface area contributed by atoms with Gasteiger partial charge in [0.1, 0.15) is 11.6 Å². The smallest absolute Gasteiger partial charge is 0.273 e. The lowest BCUT2D eigenvalue weighted by Gasteiger charge is -2.04. The zero-order valence-corrected chi connectivity index (χ0v) is 11.1. The molecule has 0 aliphatic carbocycles. The number of nitrogens with two attached hydrogens (primary N) is 1. The molecule has 8 heteroatoms. The van der Waals surface area contributed by atoms with E-state index in [1.807, 2.05) is 0 Å². The number of benzene rings is 1. The third-order valence-electron chi connectivity index (χ3n) is 2.71. The Hall–Kier alpha value is -3.16. The molecule has 0 saturated heterocycles. The fourth-order valence-electron chi connectivity index (χ4n) is 1.72. The van der Waals surface area contributed by atoms with E-state index in [1.54, 1.807) is 13.0 Å². The van der Waals surface area contributed by atoms with E-state index in [9.17, 15) is 20.0 Å². The Morgan fingerprint density at radius 3 is 2.71 bits per heavy atom. The van der Waals surface area contributed by atoms with E-state index in [4.69, 9.17) is 5.73 Å². The van der Waals surface area contributed by atoms with Gasteiger partial charge in [-0.3, -0.25) is 14.9 Å². The molecule has 0 amide bonds. The Kier molecular flexibility index (Phi) is 3.70. The number of nitrogens with zero attached hydrogens (tertiary/aromatic N) is 3. The third-order valence-corrected chi connectivity index (χ3v) is 2.71. The summed E-state index contributed by atoms with van der Waals surface area (Å²) in [6.45, 7) is 1.72. The molecule has 0 fully saturated rings. The topological polar surface area (TPSA) is 124 Å². The highest BCUT2D eigenvalue weighted by Gasteiger charge is 2.09. The average molecular weight is 288 g/mol. The number of pyridine rings is 1. The van der Waals surface area contributed by atoms with Gasteiger partial charge < -0.3 is 10.8 Å². The maximum Gasteiger partial charge on any atom is 0.273 e. The number of non-ortho nitro benzene ring substituents is 1. The average Bonchev–Trinajstić information content (AvgIpc) is 2.39. The van der Waals surface area contributed by atoms with Crippen molar-refractivity contribution in [1.82, 2.24) is 4.68 Å². The maximum atomic E-state index is 11.7. The van der Waals surface area contributed by atoms with Gasteiger partial charge >= 0.3 is 0 Å². The molecule has 21 heavy (non-hydrogen) atoms. The van der Waals surface area contributed by atoms with Gasteiger partial charge in [0.2, 0.25) is 0 Å². The first-order valence-corrected chi connectivity index (χ1v) is 5.89. The van der Waals surface area contributed by atoms with E-state index in [-0.39, 0.29) is 22.8 Å². The van der Waals surface area contributed by atoms with E-state index < -0.39 is 10.5 Å². The summed E-state index contributed by atoms with van der Waals surface area (Å²) in [4.78, 5) is 21.8. The number of nitro groups is 1. The molecule has 0 radical (unpaired) electrons. The van der Waals surface area contributed by atoms with Gasteiger partial charge in [-0.1, -0.05) is 0 Å². The van der Waals surface area contributed by atoms with Crippen molar-refractivity contribution in [2.24, 2.45) is 5.10 Å². The summed E-state index contributed by atoms with van der Waals surface area (Å²) in [5.74, 6) is -0.0655. The van der Waals surface area contributed by atoms with Gasteiger partial charge in [0.15, 0.2) is 0 Å². The molecule has 2 aromatic rings. The lowest BCUT2D eigenvalue weighted by atomic mass is 10.2. The minimum atomic E-state index is -0.594. The lowest BCUT2D eigenvalue weighted by Crippen LogP contribution is -2.19. The monoisotopic (exact) mass is 288 g/mol. The molecule has 8 nitrogen and oxygen atoms in total. The van der Waals surface area contributed by atoms with Crippen LogP contribution in [0.3, 0.4) is 0 Å². The van der Waals surface area contributed by atoms with Crippen LogP contribution in [0.25, 0.3) is 0 Å². The Labute approximate surface area is 118 Å². The number of rotatable bonds is 3. The van der Waals surface area contributed by atoms with Crippen LogP contribution in [0.2, 0.25) is 0 Å². The second-order valence-electron chi connectivity index (χ2n) is 4.35. The van der Waals surface area contributed by atoms with Crippen LogP contribution in [-0.4, -0.2) is 20.9 Å². The zero-order chi connectivity index (χ0) is 15.6. The predicted molar refractivity (Wildman–Crippen MR) is 77.6 cm³/mol. The van der Waals surface area contributed by atoms with Crippen LogP contribution in [0.4, 0.5) is 11.5 Å². The molecule has 0 bridgehead atoms. The second-order valence-corrected chi connectivity index (χ2v) is 4.35. The Morgan fingerprint density at radius 2 is 2.10 bits per heavy atom. The van der Waals surface area contributed by atoms with Crippen molar-refractivity contribution >= 4 is 17.7 Å². The number of nitro benzene ring substituents is 1. The number of anilines is 1. The molecular weight excluding hydrogens is 276 g/mol. The van der Waals surface area contributed by atoms with Gasteiger partial charge in [0, 0.05) is 23.8 Å². The van der Waals surface area contributed by atoms with Crippen LogP contribution in [0.15, 0.2) is 40.2 Å². The van der Waals surface area contributed by atoms with E-state index in [0.717, 1.165) is 17.0 Å². The first-order valence-electron chi connectivity index (χ1n) is 5.89. The van der Waals surface area contributed by atoms with Gasteiger partial charge in [0.25, 0.3) is 11.2 Å². The normalized spacial score (nSPS) is 10.9. The molecule has 0 aliphatic heterocycles. The van der Waals surface area contributed by atoms with E-state index in [1.165, 1.54) is 18.2 Å². The van der Waals surface area contributed by atoms with Crippen molar-refractivity contribution < 1.29 is 10.0 Å². The maximum absolute atomic E-state index is 11.7. The standard InChI is InChI=1S/C13H12N4O4/c1-8-4-12(14)16(13(19)5-8)15-7-9-6-10(17(20)21)2-3-11(9)18/h2-7,18H,14H2,1H3. The highest BCUT2D eigenvalue weighted by atomic mass is 16.6. The second kappa shape index (κ2) is 5.45. The Bertz CT molecular complexity index is 795. The number of hydrogen-bond acceptors (Lipinski definition) is 6. The van der Waals surface area contributed by atoms with Crippen molar-refractivity contribution in [3.8, 4) is 5.75 Å². The fraction of sp³-hybridized carbons (Fsp3) is 0.0769. The summed E-state index contributed by atoms with van der Waals surface area (Å²) >= 11 is 0. The number of phenols is 1. The molecule has 0 saturated carbocycles. The van der Waals surface area contributed by atoms with Gasteiger partial charge in [0.05, 0.1) is 11.1 Å². The molecule has 0 atom stereocenters. The van der Waals surface area contributed by atoms with Crippen LogP contribution in [0, 0.1) is 17.0 Å².